The van der Waals surface area contributed by atoms with Crippen LogP contribution in [-0.2, 0) is 10.2 Å². The molecule has 1 saturated heterocycles. The average Bonchev–Trinajstić information content (AvgIpc) is 3.29. The summed E-state index contributed by atoms with van der Waals surface area (Å²) in [7, 11) is 0. The highest BCUT2D eigenvalue weighted by Gasteiger charge is 2.44. The molecule has 1 aromatic heterocycles. The summed E-state index contributed by atoms with van der Waals surface area (Å²) in [5.41, 5.74) is 1.44. The SMILES string of the molecule is O=C(NCC1(c2ccccc2)CC1)C1CCCN(C(=O)c2cccs2)C1. The molecule has 1 aliphatic heterocycles. The maximum absolute atomic E-state index is 12.7. The molecular formula is C21H24N2O2S. The number of nitrogens with one attached hydrogen (secondary N) is 1. The average molecular weight is 369 g/mol. The predicted octanol–water partition coefficient (Wildman–Crippen LogP) is 3.45. The van der Waals surface area contributed by atoms with Gasteiger partial charge in [-0.15, -0.1) is 11.3 Å². The third-order valence-corrected chi connectivity index (χ3v) is 6.51. The molecule has 2 amide bonds. The van der Waals surface area contributed by atoms with Crippen molar-refractivity contribution in [2.75, 3.05) is 19.6 Å². The van der Waals surface area contributed by atoms with E-state index in [1.54, 1.807) is 0 Å². The molecule has 26 heavy (non-hydrogen) atoms. The van der Waals surface area contributed by atoms with E-state index in [4.69, 9.17) is 0 Å². The standard InChI is InChI=1S/C21H24N2O2S/c24-19(22-15-21(10-11-21)17-7-2-1-3-8-17)16-6-4-12-23(14-16)20(25)18-9-5-13-26-18/h1-3,5,7-9,13,16H,4,6,10-12,14-15H2,(H,22,24). The molecule has 1 saturated carbocycles. The number of amides is 2. The van der Waals surface area contributed by atoms with Crippen molar-refractivity contribution in [2.24, 2.45) is 5.92 Å². The number of hydrogen-bond donors (Lipinski definition) is 1. The number of thiophene rings is 1. The van der Waals surface area contributed by atoms with Crippen molar-refractivity contribution in [1.29, 1.82) is 0 Å². The molecular weight excluding hydrogens is 344 g/mol. The van der Waals surface area contributed by atoms with Crippen LogP contribution in [0.15, 0.2) is 47.8 Å². The summed E-state index contributed by atoms with van der Waals surface area (Å²) >= 11 is 1.46. The maximum Gasteiger partial charge on any atom is 0.263 e. The van der Waals surface area contributed by atoms with Crippen LogP contribution in [0.25, 0.3) is 0 Å². The highest BCUT2D eigenvalue weighted by Crippen LogP contribution is 2.47. The lowest BCUT2D eigenvalue weighted by molar-refractivity contribution is -0.126. The highest BCUT2D eigenvalue weighted by molar-refractivity contribution is 7.12. The van der Waals surface area contributed by atoms with Crippen LogP contribution in [0.5, 0.6) is 0 Å². The first-order chi connectivity index (χ1) is 12.7. The maximum atomic E-state index is 12.7. The van der Waals surface area contributed by atoms with Gasteiger partial charge >= 0.3 is 0 Å². The smallest absolute Gasteiger partial charge is 0.263 e. The summed E-state index contributed by atoms with van der Waals surface area (Å²) in [5, 5.41) is 5.09. The van der Waals surface area contributed by atoms with Crippen molar-refractivity contribution in [3.05, 3.63) is 58.3 Å². The van der Waals surface area contributed by atoms with Crippen LogP contribution < -0.4 is 5.32 Å². The number of piperidine rings is 1. The van der Waals surface area contributed by atoms with E-state index in [1.165, 1.54) is 16.9 Å². The minimum atomic E-state index is -0.0979. The predicted molar refractivity (Wildman–Crippen MR) is 103 cm³/mol. The van der Waals surface area contributed by atoms with Crippen LogP contribution in [-0.4, -0.2) is 36.3 Å². The topological polar surface area (TPSA) is 49.4 Å². The molecule has 2 aromatic rings. The second-order valence-corrected chi connectivity index (χ2v) is 8.38. The Morgan fingerprint density at radius 2 is 1.96 bits per heavy atom. The zero-order valence-electron chi connectivity index (χ0n) is 14.8. The van der Waals surface area contributed by atoms with Crippen LogP contribution in [0.1, 0.15) is 40.9 Å². The van der Waals surface area contributed by atoms with Gasteiger partial charge in [-0.2, -0.15) is 0 Å². The van der Waals surface area contributed by atoms with Gasteiger partial charge in [-0.1, -0.05) is 36.4 Å². The molecule has 2 fully saturated rings. The number of hydrogen-bond acceptors (Lipinski definition) is 3. The van der Waals surface area contributed by atoms with E-state index < -0.39 is 0 Å². The highest BCUT2D eigenvalue weighted by atomic mass is 32.1. The van der Waals surface area contributed by atoms with Crippen molar-refractivity contribution >= 4 is 23.2 Å². The Morgan fingerprint density at radius 3 is 2.65 bits per heavy atom. The Labute approximate surface area is 158 Å². The van der Waals surface area contributed by atoms with Gasteiger partial charge in [-0.3, -0.25) is 9.59 Å². The van der Waals surface area contributed by atoms with E-state index in [0.29, 0.717) is 13.1 Å². The molecule has 0 spiro atoms. The van der Waals surface area contributed by atoms with Crippen LogP contribution >= 0.6 is 11.3 Å². The zero-order valence-corrected chi connectivity index (χ0v) is 15.6. The van der Waals surface area contributed by atoms with Crippen LogP contribution in [0.3, 0.4) is 0 Å². The Balaban J connectivity index is 1.34. The summed E-state index contributed by atoms with van der Waals surface area (Å²) in [6, 6.07) is 14.2. The summed E-state index contributed by atoms with van der Waals surface area (Å²) in [4.78, 5) is 27.9. The van der Waals surface area contributed by atoms with Gasteiger partial charge in [-0.25, -0.2) is 0 Å². The first-order valence-electron chi connectivity index (χ1n) is 9.34. The monoisotopic (exact) mass is 368 g/mol. The van der Waals surface area contributed by atoms with E-state index in [1.807, 2.05) is 28.5 Å². The fraction of sp³-hybridized carbons (Fsp3) is 0.429. The third kappa shape index (κ3) is 3.54. The lowest BCUT2D eigenvalue weighted by atomic mass is 9.94. The van der Waals surface area contributed by atoms with Crippen molar-refractivity contribution in [3.63, 3.8) is 0 Å². The first kappa shape index (κ1) is 17.3. The van der Waals surface area contributed by atoms with Crippen LogP contribution in [0.4, 0.5) is 0 Å². The van der Waals surface area contributed by atoms with Gasteiger partial charge in [0.2, 0.25) is 5.91 Å². The minimum Gasteiger partial charge on any atom is -0.355 e. The summed E-state index contributed by atoms with van der Waals surface area (Å²) in [5.74, 6) is 0.0515. The van der Waals surface area contributed by atoms with Crippen molar-refractivity contribution in [3.8, 4) is 0 Å². The molecule has 0 radical (unpaired) electrons. The quantitative estimate of drug-likeness (QED) is 0.879. The second-order valence-electron chi connectivity index (χ2n) is 7.43. The van der Waals surface area contributed by atoms with Crippen LogP contribution in [0.2, 0.25) is 0 Å². The molecule has 4 rings (SSSR count). The van der Waals surface area contributed by atoms with Gasteiger partial charge in [-0.05, 0) is 42.7 Å². The Bertz CT molecular complexity index is 769. The zero-order chi connectivity index (χ0) is 18.0. The van der Waals surface area contributed by atoms with Gasteiger partial charge in [0, 0.05) is 25.0 Å². The van der Waals surface area contributed by atoms with E-state index in [9.17, 15) is 9.59 Å². The van der Waals surface area contributed by atoms with E-state index in [0.717, 1.165) is 37.1 Å². The minimum absolute atomic E-state index is 0.0560. The molecule has 5 heteroatoms. The number of benzene rings is 1. The summed E-state index contributed by atoms with van der Waals surface area (Å²) in [6.45, 7) is 1.97. The van der Waals surface area contributed by atoms with E-state index in [2.05, 4.69) is 29.6 Å². The molecule has 4 nitrogen and oxygen atoms in total. The third-order valence-electron chi connectivity index (χ3n) is 5.65. The Hall–Kier alpha value is -2.14. The van der Waals surface area contributed by atoms with E-state index >= 15 is 0 Å². The Kier molecular flexibility index (Phi) is 4.81. The van der Waals surface area contributed by atoms with Crippen molar-refractivity contribution < 1.29 is 9.59 Å². The van der Waals surface area contributed by atoms with Gasteiger partial charge in [0.25, 0.3) is 5.91 Å². The number of rotatable bonds is 5. The van der Waals surface area contributed by atoms with Gasteiger partial charge < -0.3 is 10.2 Å². The van der Waals surface area contributed by atoms with E-state index in [-0.39, 0.29) is 23.1 Å². The lowest BCUT2D eigenvalue weighted by Gasteiger charge is -2.32. The van der Waals surface area contributed by atoms with Crippen molar-refractivity contribution in [1.82, 2.24) is 10.2 Å². The van der Waals surface area contributed by atoms with Crippen molar-refractivity contribution in [2.45, 2.75) is 31.1 Å². The first-order valence-corrected chi connectivity index (χ1v) is 10.2. The van der Waals surface area contributed by atoms with Gasteiger partial charge in [0.15, 0.2) is 0 Å². The molecule has 1 N–H and O–H groups in total. The molecule has 1 aromatic carbocycles. The summed E-state index contributed by atoms with van der Waals surface area (Å²) in [6.07, 6.45) is 4.01. The molecule has 1 unspecified atom stereocenters. The normalized spacial score (nSPS) is 21.2. The molecule has 1 aliphatic carbocycles. The van der Waals surface area contributed by atoms with Crippen LogP contribution in [0, 0.1) is 5.92 Å². The van der Waals surface area contributed by atoms with Gasteiger partial charge in [0.1, 0.15) is 0 Å². The molecule has 136 valence electrons. The van der Waals surface area contributed by atoms with Gasteiger partial charge in [0.05, 0.1) is 10.8 Å². The largest absolute Gasteiger partial charge is 0.355 e. The lowest BCUT2D eigenvalue weighted by Crippen LogP contribution is -2.46. The molecule has 2 heterocycles. The molecule has 1 atom stereocenters. The molecule has 0 bridgehead atoms. The molecule has 2 aliphatic rings. The Morgan fingerprint density at radius 1 is 1.15 bits per heavy atom. The summed E-state index contributed by atoms with van der Waals surface area (Å²) < 4.78 is 0. The number of likely N-dealkylation sites (tertiary alicyclic amines) is 1. The fourth-order valence-electron chi connectivity index (χ4n) is 3.84. The number of carbonyl (C=O) groups excluding carboxylic acids is 2. The number of carbonyl (C=O) groups is 2. The second kappa shape index (κ2) is 7.23. The fourth-order valence-corrected chi connectivity index (χ4v) is 4.53. The number of nitrogens with zero attached hydrogens (tertiary/aromatic N) is 1.